The van der Waals surface area contributed by atoms with Crippen LogP contribution in [0.5, 0.6) is 0 Å². The fourth-order valence-electron chi connectivity index (χ4n) is 0.749. The molecule has 0 aliphatic heterocycles. The van der Waals surface area contributed by atoms with E-state index in [1.54, 1.807) is 13.8 Å². The molecule has 1 N–H and O–H groups in total. The van der Waals surface area contributed by atoms with Crippen molar-refractivity contribution in [3.05, 3.63) is 0 Å². The van der Waals surface area contributed by atoms with Gasteiger partial charge >= 0.3 is 11.9 Å². The fourth-order valence-corrected chi connectivity index (χ4v) is 0.749. The highest BCUT2D eigenvalue weighted by Gasteiger charge is 2.39. The first kappa shape index (κ1) is 10.9. The van der Waals surface area contributed by atoms with Crippen LogP contribution in [0.2, 0.25) is 0 Å². The Morgan fingerprint density at radius 3 is 2.08 bits per heavy atom. The Kier molecular flexibility index (Phi) is 3.24. The van der Waals surface area contributed by atoms with Crippen LogP contribution in [0, 0.1) is 11.3 Å². The normalized spacial score (nSPS) is 13.7. The van der Waals surface area contributed by atoms with Crippen molar-refractivity contribution in [2.24, 2.45) is 11.3 Å². The van der Waals surface area contributed by atoms with Crippen LogP contribution in [0.15, 0.2) is 0 Å². The molecule has 0 aromatic rings. The molecule has 0 rings (SSSR count). The number of carboxylic acids is 1. The second-order valence-electron chi connectivity index (χ2n) is 3.27. The van der Waals surface area contributed by atoms with Crippen molar-refractivity contribution in [2.75, 3.05) is 7.11 Å². The van der Waals surface area contributed by atoms with E-state index in [1.165, 1.54) is 14.0 Å². The summed E-state index contributed by atoms with van der Waals surface area (Å²) in [5, 5.41) is 8.65. The summed E-state index contributed by atoms with van der Waals surface area (Å²) in [6.07, 6.45) is 0. The molecule has 4 nitrogen and oxygen atoms in total. The van der Waals surface area contributed by atoms with Crippen molar-refractivity contribution >= 4 is 11.9 Å². The van der Waals surface area contributed by atoms with Gasteiger partial charge in [-0.25, -0.2) is 0 Å². The lowest BCUT2D eigenvalue weighted by molar-refractivity contribution is -0.161. The van der Waals surface area contributed by atoms with Gasteiger partial charge in [0.15, 0.2) is 0 Å². The highest BCUT2D eigenvalue weighted by Crippen LogP contribution is 2.27. The number of rotatable bonds is 3. The molecule has 0 aromatic heterocycles. The number of hydrogen-bond donors (Lipinski definition) is 1. The van der Waals surface area contributed by atoms with Crippen LogP contribution in [0.3, 0.4) is 0 Å². The monoisotopic (exact) mass is 174 g/mol. The molecule has 0 saturated carbocycles. The maximum atomic E-state index is 11.1. The number of hydrogen-bond acceptors (Lipinski definition) is 3. The second-order valence-corrected chi connectivity index (χ2v) is 3.27. The molecule has 0 aliphatic rings. The first-order valence-electron chi connectivity index (χ1n) is 3.65. The number of carbonyl (C=O) groups excluding carboxylic acids is 1. The lowest BCUT2D eigenvalue weighted by Crippen LogP contribution is -2.36. The molecule has 0 aromatic carbocycles. The zero-order valence-corrected chi connectivity index (χ0v) is 7.75. The van der Waals surface area contributed by atoms with Crippen molar-refractivity contribution in [1.82, 2.24) is 0 Å². The third-order valence-electron chi connectivity index (χ3n) is 2.16. The molecular formula is C8H14O4. The summed E-state index contributed by atoms with van der Waals surface area (Å²) in [6, 6.07) is 0. The third-order valence-corrected chi connectivity index (χ3v) is 2.16. The zero-order chi connectivity index (χ0) is 9.94. The van der Waals surface area contributed by atoms with E-state index < -0.39 is 23.3 Å². The molecule has 0 saturated heterocycles. The third kappa shape index (κ3) is 1.96. The van der Waals surface area contributed by atoms with Gasteiger partial charge in [0.05, 0.1) is 18.4 Å². The average Bonchev–Trinajstić information content (AvgIpc) is 2.01. The smallest absolute Gasteiger partial charge is 0.312 e. The van der Waals surface area contributed by atoms with E-state index in [4.69, 9.17) is 5.11 Å². The number of ether oxygens (including phenoxy) is 1. The van der Waals surface area contributed by atoms with E-state index in [0.717, 1.165) is 0 Å². The van der Waals surface area contributed by atoms with Crippen LogP contribution in [-0.2, 0) is 14.3 Å². The van der Waals surface area contributed by atoms with Crippen LogP contribution in [-0.4, -0.2) is 24.2 Å². The van der Waals surface area contributed by atoms with E-state index >= 15 is 0 Å². The lowest BCUT2D eigenvalue weighted by atomic mass is 9.80. The molecule has 1 atom stereocenters. The molecule has 0 radical (unpaired) electrons. The van der Waals surface area contributed by atoms with E-state index in [-0.39, 0.29) is 0 Å². The molecule has 12 heavy (non-hydrogen) atoms. The molecule has 0 heterocycles. The van der Waals surface area contributed by atoms with Gasteiger partial charge in [-0.1, -0.05) is 6.92 Å². The van der Waals surface area contributed by atoms with E-state index in [9.17, 15) is 9.59 Å². The SMILES string of the molecule is COC(=O)C(C)(C)C(C)C(=O)O. The standard InChI is InChI=1S/C8H14O4/c1-5(6(9)10)8(2,3)7(11)12-4/h5H,1-4H3,(H,9,10). The van der Waals surface area contributed by atoms with Crippen LogP contribution >= 0.6 is 0 Å². The number of esters is 1. The Morgan fingerprint density at radius 1 is 1.42 bits per heavy atom. The lowest BCUT2D eigenvalue weighted by Gasteiger charge is -2.25. The van der Waals surface area contributed by atoms with Gasteiger partial charge in [0.25, 0.3) is 0 Å². The zero-order valence-electron chi connectivity index (χ0n) is 7.75. The van der Waals surface area contributed by atoms with Gasteiger partial charge in [0.2, 0.25) is 0 Å². The quantitative estimate of drug-likeness (QED) is 0.646. The summed E-state index contributed by atoms with van der Waals surface area (Å²) in [4.78, 5) is 21.7. The van der Waals surface area contributed by atoms with Crippen molar-refractivity contribution in [2.45, 2.75) is 20.8 Å². The fraction of sp³-hybridized carbons (Fsp3) is 0.750. The minimum atomic E-state index is -0.995. The Labute approximate surface area is 71.5 Å². The Hall–Kier alpha value is -1.06. The Morgan fingerprint density at radius 2 is 1.83 bits per heavy atom. The van der Waals surface area contributed by atoms with Gasteiger partial charge in [-0.05, 0) is 13.8 Å². The predicted molar refractivity (Wildman–Crippen MR) is 42.6 cm³/mol. The molecule has 0 aliphatic carbocycles. The summed E-state index contributed by atoms with van der Waals surface area (Å²) >= 11 is 0. The topological polar surface area (TPSA) is 63.6 Å². The van der Waals surface area contributed by atoms with Crippen molar-refractivity contribution in [3.8, 4) is 0 Å². The van der Waals surface area contributed by atoms with Crippen molar-refractivity contribution in [3.63, 3.8) is 0 Å². The number of carboxylic acid groups (broad SMARTS) is 1. The highest BCUT2D eigenvalue weighted by molar-refractivity contribution is 5.83. The van der Waals surface area contributed by atoms with Gasteiger partial charge in [0.1, 0.15) is 0 Å². The van der Waals surface area contributed by atoms with Gasteiger partial charge in [-0.2, -0.15) is 0 Å². The van der Waals surface area contributed by atoms with Crippen LogP contribution in [0.25, 0.3) is 0 Å². The summed E-state index contributed by atoms with van der Waals surface area (Å²) < 4.78 is 4.48. The molecular weight excluding hydrogens is 160 g/mol. The van der Waals surface area contributed by atoms with E-state index in [0.29, 0.717) is 0 Å². The predicted octanol–water partition coefficient (Wildman–Crippen LogP) is 0.906. The maximum Gasteiger partial charge on any atom is 0.312 e. The van der Waals surface area contributed by atoms with Gasteiger partial charge in [-0.15, -0.1) is 0 Å². The van der Waals surface area contributed by atoms with Gasteiger partial charge in [-0.3, -0.25) is 9.59 Å². The Bertz CT molecular complexity index is 195. The van der Waals surface area contributed by atoms with Crippen LogP contribution in [0.1, 0.15) is 20.8 Å². The maximum absolute atomic E-state index is 11.1. The van der Waals surface area contributed by atoms with E-state index in [2.05, 4.69) is 4.74 Å². The highest BCUT2D eigenvalue weighted by atomic mass is 16.5. The summed E-state index contributed by atoms with van der Waals surface area (Å²) in [5.74, 6) is -2.24. The molecule has 4 heteroatoms. The minimum absolute atomic E-state index is 0.502. The van der Waals surface area contributed by atoms with Gasteiger partial charge < -0.3 is 9.84 Å². The van der Waals surface area contributed by atoms with Gasteiger partial charge in [0, 0.05) is 0 Å². The summed E-state index contributed by atoms with van der Waals surface area (Å²) in [6.45, 7) is 4.59. The second kappa shape index (κ2) is 3.56. The minimum Gasteiger partial charge on any atom is -0.481 e. The molecule has 0 bridgehead atoms. The van der Waals surface area contributed by atoms with Crippen molar-refractivity contribution < 1.29 is 19.4 Å². The Balaban J connectivity index is 4.60. The number of aliphatic carboxylic acids is 1. The molecule has 0 fully saturated rings. The first-order chi connectivity index (χ1) is 5.34. The molecule has 70 valence electrons. The molecule has 0 amide bonds. The van der Waals surface area contributed by atoms with Crippen LogP contribution < -0.4 is 0 Å². The molecule has 0 spiro atoms. The summed E-state index contributed by atoms with van der Waals surface area (Å²) in [5.41, 5.74) is -0.972. The number of methoxy groups -OCH3 is 1. The summed E-state index contributed by atoms with van der Waals surface area (Å²) in [7, 11) is 1.25. The van der Waals surface area contributed by atoms with E-state index in [1.807, 2.05) is 0 Å². The largest absolute Gasteiger partial charge is 0.481 e. The number of carbonyl (C=O) groups is 2. The van der Waals surface area contributed by atoms with Crippen molar-refractivity contribution in [1.29, 1.82) is 0 Å². The molecule has 1 unspecified atom stereocenters. The van der Waals surface area contributed by atoms with Crippen LogP contribution in [0.4, 0.5) is 0 Å². The first-order valence-corrected chi connectivity index (χ1v) is 3.65. The average molecular weight is 174 g/mol.